The molecule has 2 amide bonds. The molecule has 0 saturated heterocycles. The van der Waals surface area contributed by atoms with E-state index in [4.69, 9.17) is 34.0 Å². The Bertz CT molecular complexity index is 1850. The third-order valence-corrected chi connectivity index (χ3v) is 9.77. The molecule has 3 N–H and O–H groups in total. The van der Waals surface area contributed by atoms with Crippen LogP contribution in [0.3, 0.4) is 0 Å². The zero-order chi connectivity index (χ0) is 31.0. The van der Waals surface area contributed by atoms with Crippen molar-refractivity contribution in [2.75, 3.05) is 0 Å². The second kappa shape index (κ2) is 12.1. The lowest BCUT2D eigenvalue weighted by Gasteiger charge is -2.52. The van der Waals surface area contributed by atoms with Crippen molar-refractivity contribution in [1.82, 2.24) is 20.1 Å². The van der Waals surface area contributed by atoms with Gasteiger partial charge in [0.25, 0.3) is 0 Å². The van der Waals surface area contributed by atoms with Crippen molar-refractivity contribution in [2.45, 2.75) is 45.1 Å². The summed E-state index contributed by atoms with van der Waals surface area (Å²) in [7, 11) is 0. The van der Waals surface area contributed by atoms with Crippen molar-refractivity contribution in [3.05, 3.63) is 113 Å². The molecule has 3 aromatic carbocycles. The molecule has 0 radical (unpaired) electrons. The predicted octanol–water partition coefficient (Wildman–Crippen LogP) is 7.13. The molecule has 1 aliphatic carbocycles. The standard InChI is InChI=1S/C35H33Cl2N5O2/c1-35(2)25(17-33(43)40-31(34(38)44)15-21-9-10-22-6-3-4-7-23(22)14-21)16-27(35)32-19-30(24-8-5-13-39-20-24)41-42(32)26-11-12-28(36)29(37)18-26/h3-14,18-20,25,27,31H,15-17H2,1-2H3,(H2,38,44)(H,40,43)/t25-,27-,31+/m1/s1. The molecule has 0 aliphatic heterocycles. The quantitative estimate of drug-likeness (QED) is 0.182. The summed E-state index contributed by atoms with van der Waals surface area (Å²) in [5, 5.41) is 11.0. The molecular weight excluding hydrogens is 593 g/mol. The normalized spacial score (nSPS) is 18.0. The number of amides is 2. The Hall–Kier alpha value is -4.20. The number of benzene rings is 3. The van der Waals surface area contributed by atoms with Crippen LogP contribution < -0.4 is 11.1 Å². The minimum absolute atomic E-state index is 0.0979. The Labute approximate surface area is 266 Å². The first-order valence-corrected chi connectivity index (χ1v) is 15.4. The van der Waals surface area contributed by atoms with Crippen LogP contribution in [0.4, 0.5) is 0 Å². The van der Waals surface area contributed by atoms with Crippen molar-refractivity contribution < 1.29 is 9.59 Å². The predicted molar refractivity (Wildman–Crippen MR) is 175 cm³/mol. The third kappa shape index (κ3) is 5.94. The number of nitrogens with one attached hydrogen (secondary N) is 1. The number of halogens is 2. The molecule has 0 unspecified atom stereocenters. The van der Waals surface area contributed by atoms with Crippen LogP contribution in [0, 0.1) is 11.3 Å². The number of hydrogen-bond acceptors (Lipinski definition) is 4. The van der Waals surface area contributed by atoms with Crippen LogP contribution in [-0.4, -0.2) is 32.6 Å². The van der Waals surface area contributed by atoms with Crippen LogP contribution in [0.25, 0.3) is 27.7 Å². The summed E-state index contributed by atoms with van der Waals surface area (Å²) >= 11 is 12.6. The summed E-state index contributed by atoms with van der Waals surface area (Å²) in [6, 6.07) is 24.7. The van der Waals surface area contributed by atoms with Gasteiger partial charge in [-0.05, 0) is 70.5 Å². The maximum atomic E-state index is 13.3. The Balaban J connectivity index is 1.19. The van der Waals surface area contributed by atoms with Crippen LogP contribution in [0.5, 0.6) is 0 Å². The van der Waals surface area contributed by atoms with E-state index in [-0.39, 0.29) is 23.2 Å². The van der Waals surface area contributed by atoms with E-state index in [2.05, 4.69) is 30.2 Å². The van der Waals surface area contributed by atoms with E-state index in [0.29, 0.717) is 22.9 Å². The average Bonchev–Trinajstić information content (AvgIpc) is 3.45. The van der Waals surface area contributed by atoms with Crippen LogP contribution in [0.2, 0.25) is 10.0 Å². The number of fused-ring (bicyclic) bond motifs is 1. The molecule has 44 heavy (non-hydrogen) atoms. The molecule has 0 spiro atoms. The minimum Gasteiger partial charge on any atom is -0.368 e. The number of primary amides is 1. The van der Waals surface area contributed by atoms with Gasteiger partial charge in [-0.3, -0.25) is 14.6 Å². The van der Waals surface area contributed by atoms with Gasteiger partial charge in [0.1, 0.15) is 6.04 Å². The van der Waals surface area contributed by atoms with Gasteiger partial charge in [0, 0.05) is 42.4 Å². The number of pyridine rings is 1. The smallest absolute Gasteiger partial charge is 0.240 e. The zero-order valence-corrected chi connectivity index (χ0v) is 26.0. The molecule has 1 fully saturated rings. The molecule has 6 rings (SSSR count). The number of nitrogens with two attached hydrogens (primary N) is 1. The van der Waals surface area contributed by atoms with Gasteiger partial charge in [0.05, 0.1) is 21.4 Å². The van der Waals surface area contributed by atoms with Gasteiger partial charge in [-0.25, -0.2) is 4.68 Å². The van der Waals surface area contributed by atoms with Crippen molar-refractivity contribution in [2.24, 2.45) is 17.1 Å². The second-order valence-electron chi connectivity index (χ2n) is 12.1. The Kier molecular flexibility index (Phi) is 8.18. The fraction of sp³-hybridized carbons (Fsp3) is 0.257. The van der Waals surface area contributed by atoms with Crippen molar-refractivity contribution in [1.29, 1.82) is 0 Å². The van der Waals surface area contributed by atoms with E-state index in [1.807, 2.05) is 71.4 Å². The van der Waals surface area contributed by atoms with Crippen LogP contribution in [-0.2, 0) is 16.0 Å². The fourth-order valence-corrected chi connectivity index (χ4v) is 6.58. The lowest BCUT2D eigenvalue weighted by molar-refractivity contribution is -0.130. The lowest BCUT2D eigenvalue weighted by Crippen LogP contribution is -2.49. The molecule has 3 atom stereocenters. The molecule has 5 aromatic rings. The molecule has 224 valence electrons. The number of carbonyl (C=O) groups excluding carboxylic acids is 2. The van der Waals surface area contributed by atoms with E-state index < -0.39 is 11.9 Å². The van der Waals surface area contributed by atoms with E-state index in [1.165, 1.54) is 0 Å². The topological polar surface area (TPSA) is 103 Å². The largest absolute Gasteiger partial charge is 0.368 e. The summed E-state index contributed by atoms with van der Waals surface area (Å²) < 4.78 is 1.92. The van der Waals surface area contributed by atoms with Crippen LogP contribution in [0.1, 0.15) is 43.9 Å². The first-order chi connectivity index (χ1) is 21.1. The molecule has 7 nitrogen and oxygen atoms in total. The van der Waals surface area contributed by atoms with E-state index >= 15 is 0 Å². The highest BCUT2D eigenvalue weighted by Crippen LogP contribution is 2.58. The Morgan fingerprint density at radius 3 is 2.50 bits per heavy atom. The van der Waals surface area contributed by atoms with Crippen molar-refractivity contribution in [3.63, 3.8) is 0 Å². The highest BCUT2D eigenvalue weighted by molar-refractivity contribution is 6.42. The fourth-order valence-electron chi connectivity index (χ4n) is 6.29. The summed E-state index contributed by atoms with van der Waals surface area (Å²) in [5.74, 6) is -0.510. The molecular formula is C35H33Cl2N5O2. The summed E-state index contributed by atoms with van der Waals surface area (Å²) in [4.78, 5) is 29.9. The van der Waals surface area contributed by atoms with Crippen molar-refractivity contribution >= 4 is 45.8 Å². The lowest BCUT2D eigenvalue weighted by atomic mass is 9.52. The van der Waals surface area contributed by atoms with E-state index in [9.17, 15) is 9.59 Å². The van der Waals surface area contributed by atoms with Gasteiger partial charge in [-0.2, -0.15) is 5.10 Å². The molecule has 9 heteroatoms. The molecule has 1 saturated carbocycles. The van der Waals surface area contributed by atoms with Gasteiger partial charge in [-0.15, -0.1) is 0 Å². The highest BCUT2D eigenvalue weighted by atomic mass is 35.5. The summed E-state index contributed by atoms with van der Waals surface area (Å²) in [5.41, 5.74) is 9.98. The van der Waals surface area contributed by atoms with Crippen LogP contribution >= 0.6 is 23.2 Å². The number of aromatic nitrogens is 3. The molecule has 1 aliphatic rings. The van der Waals surface area contributed by atoms with Gasteiger partial charge in [0.2, 0.25) is 11.8 Å². The first kappa shape index (κ1) is 29.9. The zero-order valence-electron chi connectivity index (χ0n) is 24.5. The maximum Gasteiger partial charge on any atom is 0.240 e. The average molecular weight is 627 g/mol. The minimum atomic E-state index is -0.791. The number of carbonyl (C=O) groups is 2. The van der Waals surface area contributed by atoms with Gasteiger partial charge in [0.15, 0.2) is 0 Å². The Morgan fingerprint density at radius 1 is 1.00 bits per heavy atom. The Morgan fingerprint density at radius 2 is 1.80 bits per heavy atom. The number of nitrogens with zero attached hydrogens (tertiary/aromatic N) is 3. The van der Waals surface area contributed by atoms with Gasteiger partial charge in [-0.1, -0.05) is 79.5 Å². The first-order valence-electron chi connectivity index (χ1n) is 14.6. The maximum absolute atomic E-state index is 13.3. The third-order valence-electron chi connectivity index (χ3n) is 9.03. The summed E-state index contributed by atoms with van der Waals surface area (Å²) in [6.07, 6.45) is 4.93. The van der Waals surface area contributed by atoms with Gasteiger partial charge < -0.3 is 11.1 Å². The highest BCUT2D eigenvalue weighted by Gasteiger charge is 2.50. The molecule has 0 bridgehead atoms. The van der Waals surface area contributed by atoms with Crippen molar-refractivity contribution in [3.8, 4) is 16.9 Å². The second-order valence-corrected chi connectivity index (χ2v) is 12.9. The SMILES string of the molecule is CC1(C)[C@@H](CC(=O)N[C@@H](Cc2ccc3ccccc3c2)C(N)=O)C[C@@H]1c1cc(-c2cccnc2)nn1-c1ccc(Cl)c(Cl)c1. The monoisotopic (exact) mass is 625 g/mol. The summed E-state index contributed by atoms with van der Waals surface area (Å²) in [6.45, 7) is 4.35. The number of hydrogen-bond donors (Lipinski definition) is 2. The van der Waals surface area contributed by atoms with Gasteiger partial charge >= 0.3 is 0 Å². The molecule has 2 heterocycles. The van der Waals surface area contributed by atoms with Crippen LogP contribution in [0.15, 0.2) is 91.3 Å². The number of rotatable bonds is 9. The van der Waals surface area contributed by atoms with E-state index in [0.717, 1.165) is 45.4 Å². The van der Waals surface area contributed by atoms with E-state index in [1.54, 1.807) is 18.5 Å². The molecule has 2 aromatic heterocycles.